The molecule has 0 spiro atoms. The van der Waals surface area contributed by atoms with Gasteiger partial charge in [-0.1, -0.05) is 0 Å². The van der Waals surface area contributed by atoms with Gasteiger partial charge in [0.1, 0.15) is 6.04 Å². The molecular formula is C16H16F6N2O4. The number of carbonyl (C=O) groups excluding carboxylic acids is 3. The average Bonchev–Trinajstić information content (AvgIpc) is 2.56. The first-order valence-corrected chi connectivity index (χ1v) is 7.68. The zero-order valence-electron chi connectivity index (χ0n) is 14.4. The number of esters is 1. The van der Waals surface area contributed by atoms with E-state index >= 15 is 0 Å². The van der Waals surface area contributed by atoms with Crippen molar-refractivity contribution in [1.29, 1.82) is 0 Å². The van der Waals surface area contributed by atoms with Crippen LogP contribution in [-0.2, 0) is 37.9 Å². The minimum Gasteiger partial charge on any atom is -0.469 e. The van der Waals surface area contributed by atoms with E-state index in [0.29, 0.717) is 12.1 Å². The summed E-state index contributed by atoms with van der Waals surface area (Å²) in [6, 6.07) is -0.603. The summed E-state index contributed by atoms with van der Waals surface area (Å²) < 4.78 is 81.3. The standard InChI is InChI=1S/C16H16F6N2O4/c1-28-13(26)3-2-11(14(23)27)24-12(25)6-8-4-9(15(17,18)19)7-10(5-8)16(20,21)22/h4-5,7,11H,2-3,6H2,1H3,(H2,23,27)(H,24,25)/t11-/m1/s1. The summed E-state index contributed by atoms with van der Waals surface area (Å²) in [5.41, 5.74) is 1.37. The van der Waals surface area contributed by atoms with Gasteiger partial charge in [-0.25, -0.2) is 0 Å². The molecule has 0 unspecified atom stereocenters. The second-order valence-electron chi connectivity index (χ2n) is 5.73. The number of nitrogens with two attached hydrogens (primary N) is 1. The van der Waals surface area contributed by atoms with Gasteiger partial charge >= 0.3 is 18.3 Å². The zero-order chi connectivity index (χ0) is 21.7. The molecule has 1 aromatic rings. The Morgan fingerprint density at radius 3 is 1.93 bits per heavy atom. The number of hydrogen-bond acceptors (Lipinski definition) is 4. The van der Waals surface area contributed by atoms with Gasteiger partial charge in [0.15, 0.2) is 0 Å². The van der Waals surface area contributed by atoms with Crippen molar-refractivity contribution in [2.75, 3.05) is 7.11 Å². The molecule has 0 bridgehead atoms. The summed E-state index contributed by atoms with van der Waals surface area (Å²) in [4.78, 5) is 34.4. The molecular weight excluding hydrogens is 398 g/mol. The van der Waals surface area contributed by atoms with Crippen LogP contribution in [0.25, 0.3) is 0 Å². The molecule has 0 radical (unpaired) electrons. The second kappa shape index (κ2) is 8.93. The molecule has 6 nitrogen and oxygen atoms in total. The van der Waals surface area contributed by atoms with Crippen LogP contribution in [0.4, 0.5) is 26.3 Å². The van der Waals surface area contributed by atoms with Crippen LogP contribution in [0.1, 0.15) is 29.5 Å². The molecule has 1 atom stereocenters. The van der Waals surface area contributed by atoms with Crippen LogP contribution in [0.3, 0.4) is 0 Å². The molecule has 1 rings (SSSR count). The van der Waals surface area contributed by atoms with Gasteiger partial charge in [-0.2, -0.15) is 26.3 Å². The number of rotatable bonds is 7. The van der Waals surface area contributed by atoms with Crippen molar-refractivity contribution in [3.63, 3.8) is 0 Å². The van der Waals surface area contributed by atoms with Crippen LogP contribution in [0, 0.1) is 0 Å². The predicted molar refractivity (Wildman–Crippen MR) is 82.5 cm³/mol. The third kappa shape index (κ3) is 7.08. The molecule has 156 valence electrons. The van der Waals surface area contributed by atoms with Gasteiger partial charge in [0.2, 0.25) is 11.8 Å². The smallest absolute Gasteiger partial charge is 0.416 e. The molecule has 0 aromatic heterocycles. The first-order chi connectivity index (χ1) is 12.7. The highest BCUT2D eigenvalue weighted by Crippen LogP contribution is 2.36. The maximum Gasteiger partial charge on any atom is 0.416 e. The number of halogens is 6. The SMILES string of the molecule is COC(=O)CC[C@@H](NC(=O)Cc1cc(C(F)(F)F)cc(C(F)(F)F)c1)C(N)=O. The van der Waals surface area contributed by atoms with Crippen LogP contribution >= 0.6 is 0 Å². The lowest BCUT2D eigenvalue weighted by molar-refractivity contribution is -0.143. The Morgan fingerprint density at radius 2 is 1.54 bits per heavy atom. The van der Waals surface area contributed by atoms with Gasteiger partial charge in [0.25, 0.3) is 0 Å². The third-order valence-electron chi connectivity index (χ3n) is 3.56. The summed E-state index contributed by atoms with van der Waals surface area (Å²) >= 11 is 0. The number of primary amides is 1. The lowest BCUT2D eigenvalue weighted by Crippen LogP contribution is -2.45. The van der Waals surface area contributed by atoms with Crippen molar-refractivity contribution in [2.24, 2.45) is 5.73 Å². The van der Waals surface area contributed by atoms with Crippen LogP contribution in [0.5, 0.6) is 0 Å². The summed E-state index contributed by atoms with van der Waals surface area (Å²) in [6.45, 7) is 0. The lowest BCUT2D eigenvalue weighted by atomic mass is 10.0. The Labute approximate surface area is 155 Å². The Kier molecular flexibility index (Phi) is 7.42. The normalized spacial score (nSPS) is 13.0. The first-order valence-electron chi connectivity index (χ1n) is 7.68. The van der Waals surface area contributed by atoms with E-state index < -0.39 is 59.3 Å². The molecule has 3 N–H and O–H groups in total. The number of amides is 2. The van der Waals surface area contributed by atoms with Crippen molar-refractivity contribution in [2.45, 2.75) is 37.7 Å². The van der Waals surface area contributed by atoms with Gasteiger partial charge in [0.05, 0.1) is 24.7 Å². The van der Waals surface area contributed by atoms with Crippen LogP contribution < -0.4 is 11.1 Å². The molecule has 28 heavy (non-hydrogen) atoms. The van der Waals surface area contributed by atoms with E-state index in [-0.39, 0.29) is 18.9 Å². The van der Waals surface area contributed by atoms with Gasteiger partial charge in [-0.15, -0.1) is 0 Å². The highest BCUT2D eigenvalue weighted by molar-refractivity contribution is 5.87. The molecule has 0 saturated heterocycles. The summed E-state index contributed by atoms with van der Waals surface area (Å²) in [6.07, 6.45) is -11.5. The monoisotopic (exact) mass is 414 g/mol. The van der Waals surface area contributed by atoms with Crippen molar-refractivity contribution in [3.8, 4) is 0 Å². The van der Waals surface area contributed by atoms with Crippen LogP contribution in [0.2, 0.25) is 0 Å². The zero-order valence-corrected chi connectivity index (χ0v) is 14.4. The maximum atomic E-state index is 12.8. The average molecular weight is 414 g/mol. The van der Waals surface area contributed by atoms with Gasteiger partial charge < -0.3 is 15.8 Å². The van der Waals surface area contributed by atoms with Crippen LogP contribution in [0.15, 0.2) is 18.2 Å². The molecule has 12 heteroatoms. The minimum absolute atomic E-state index is 0.0655. The number of carbonyl (C=O) groups is 3. The lowest BCUT2D eigenvalue weighted by Gasteiger charge is -2.16. The third-order valence-corrected chi connectivity index (χ3v) is 3.56. The van der Waals surface area contributed by atoms with Gasteiger partial charge in [-0.05, 0) is 30.2 Å². The molecule has 0 aliphatic rings. The number of nitrogens with one attached hydrogen (secondary N) is 1. The highest BCUT2D eigenvalue weighted by Gasteiger charge is 2.37. The Balaban J connectivity index is 3.00. The molecule has 2 amide bonds. The number of ether oxygens (including phenoxy) is 1. The van der Waals surface area contributed by atoms with E-state index in [1.54, 1.807) is 0 Å². The second-order valence-corrected chi connectivity index (χ2v) is 5.73. The predicted octanol–water partition coefficient (Wildman–Crippen LogP) is 2.19. The number of alkyl halides is 6. The highest BCUT2D eigenvalue weighted by atomic mass is 19.4. The molecule has 0 saturated carbocycles. The Morgan fingerprint density at radius 1 is 1.04 bits per heavy atom. The van der Waals surface area contributed by atoms with Crippen molar-refractivity contribution < 1.29 is 45.5 Å². The fourth-order valence-corrected chi connectivity index (χ4v) is 2.20. The first kappa shape index (κ1) is 23.2. The molecule has 1 aromatic carbocycles. The van der Waals surface area contributed by atoms with E-state index in [0.717, 1.165) is 7.11 Å². The van der Waals surface area contributed by atoms with Crippen LogP contribution in [-0.4, -0.2) is 30.9 Å². The van der Waals surface area contributed by atoms with Crippen molar-refractivity contribution in [1.82, 2.24) is 5.32 Å². The van der Waals surface area contributed by atoms with E-state index in [1.807, 2.05) is 0 Å². The minimum atomic E-state index is -5.05. The largest absolute Gasteiger partial charge is 0.469 e. The molecule has 0 aliphatic carbocycles. The van der Waals surface area contributed by atoms with Gasteiger partial charge in [0, 0.05) is 6.42 Å². The number of methoxy groups -OCH3 is 1. The molecule has 0 aliphatic heterocycles. The van der Waals surface area contributed by atoms with Crippen molar-refractivity contribution in [3.05, 3.63) is 34.9 Å². The Bertz CT molecular complexity index is 713. The fourth-order valence-electron chi connectivity index (χ4n) is 2.20. The van der Waals surface area contributed by atoms with Crippen molar-refractivity contribution >= 4 is 17.8 Å². The molecule has 0 fully saturated rings. The quantitative estimate of drug-likeness (QED) is 0.528. The van der Waals surface area contributed by atoms with E-state index in [1.165, 1.54) is 0 Å². The van der Waals surface area contributed by atoms with Gasteiger partial charge in [-0.3, -0.25) is 14.4 Å². The van der Waals surface area contributed by atoms with E-state index in [9.17, 15) is 40.7 Å². The Hall–Kier alpha value is -2.79. The number of benzene rings is 1. The summed E-state index contributed by atoms with van der Waals surface area (Å²) in [7, 11) is 1.09. The maximum absolute atomic E-state index is 12.8. The topological polar surface area (TPSA) is 98.5 Å². The van der Waals surface area contributed by atoms with E-state index in [2.05, 4.69) is 10.1 Å². The molecule has 0 heterocycles. The fraction of sp³-hybridized carbons (Fsp3) is 0.438. The number of hydrogen-bond donors (Lipinski definition) is 2. The van der Waals surface area contributed by atoms with E-state index in [4.69, 9.17) is 5.73 Å². The summed E-state index contributed by atoms with van der Waals surface area (Å²) in [5.74, 6) is -2.77. The summed E-state index contributed by atoms with van der Waals surface area (Å²) in [5, 5.41) is 2.08.